The van der Waals surface area contributed by atoms with Crippen LogP contribution in [0.15, 0.2) is 16.7 Å². The van der Waals surface area contributed by atoms with E-state index in [0.717, 1.165) is 23.9 Å². The molecule has 2 amide bonds. The molecule has 0 bridgehead atoms. The molecule has 0 aromatic carbocycles. The van der Waals surface area contributed by atoms with Gasteiger partial charge in [-0.15, -0.1) is 0 Å². The predicted molar refractivity (Wildman–Crippen MR) is 85.1 cm³/mol. The molecule has 2 rings (SSSR count). The minimum absolute atomic E-state index is 0.0498. The maximum absolute atomic E-state index is 12.6. The second-order valence-corrected chi connectivity index (χ2v) is 6.54. The maximum Gasteiger partial charge on any atom is 0.270 e. The molecule has 116 valence electrons. The van der Waals surface area contributed by atoms with Gasteiger partial charge < -0.3 is 14.4 Å². The third-order valence-corrected chi connectivity index (χ3v) is 4.43. The van der Waals surface area contributed by atoms with Crippen molar-refractivity contribution in [3.05, 3.63) is 22.4 Å². The molecule has 1 aromatic rings. The van der Waals surface area contributed by atoms with Crippen molar-refractivity contribution < 1.29 is 9.59 Å². The van der Waals surface area contributed by atoms with Crippen LogP contribution in [0, 0.1) is 5.92 Å². The predicted octanol–water partition coefficient (Wildman–Crippen LogP) is 2.21. The summed E-state index contributed by atoms with van der Waals surface area (Å²) in [5.74, 6) is 0.272. The number of piperidine rings is 1. The Labute approximate surface area is 134 Å². The Bertz CT molecular complexity index is 531. The van der Waals surface area contributed by atoms with Crippen molar-refractivity contribution in [1.82, 2.24) is 14.4 Å². The molecular formula is C15H22BrN3O2. The number of halogens is 1. The first-order chi connectivity index (χ1) is 9.93. The molecular weight excluding hydrogens is 334 g/mol. The minimum atomic E-state index is 0.0498. The average molecular weight is 356 g/mol. The number of carbonyl (C=O) groups is 2. The van der Waals surface area contributed by atoms with Crippen LogP contribution in [0.4, 0.5) is 0 Å². The van der Waals surface area contributed by atoms with E-state index >= 15 is 0 Å². The van der Waals surface area contributed by atoms with E-state index in [2.05, 4.69) is 15.9 Å². The second-order valence-electron chi connectivity index (χ2n) is 5.63. The summed E-state index contributed by atoms with van der Waals surface area (Å²) in [7, 11) is 3.57. The highest BCUT2D eigenvalue weighted by Crippen LogP contribution is 2.22. The number of aromatic nitrogens is 1. The van der Waals surface area contributed by atoms with E-state index in [4.69, 9.17) is 0 Å². The van der Waals surface area contributed by atoms with Gasteiger partial charge in [-0.2, -0.15) is 0 Å². The Morgan fingerprint density at radius 1 is 1.33 bits per heavy atom. The molecule has 6 heteroatoms. The summed E-state index contributed by atoms with van der Waals surface area (Å²) >= 11 is 3.42. The molecule has 0 spiro atoms. The van der Waals surface area contributed by atoms with Gasteiger partial charge in [-0.05, 0) is 41.8 Å². The van der Waals surface area contributed by atoms with Crippen molar-refractivity contribution in [2.75, 3.05) is 27.2 Å². The number of hydrogen-bond acceptors (Lipinski definition) is 2. The van der Waals surface area contributed by atoms with Crippen LogP contribution in [0.3, 0.4) is 0 Å². The quantitative estimate of drug-likeness (QED) is 0.834. The zero-order chi connectivity index (χ0) is 15.6. The number of rotatable bonds is 3. The number of carbonyl (C=O) groups excluding carboxylic acids is 2. The van der Waals surface area contributed by atoms with Crippen LogP contribution in [0.1, 0.15) is 30.3 Å². The second kappa shape index (κ2) is 6.64. The number of amides is 2. The van der Waals surface area contributed by atoms with Crippen LogP contribution in [0.25, 0.3) is 0 Å². The first-order valence-electron chi connectivity index (χ1n) is 7.30. The molecule has 1 aliphatic heterocycles. The molecule has 0 unspecified atom stereocenters. The topological polar surface area (TPSA) is 45.6 Å². The van der Waals surface area contributed by atoms with Crippen LogP contribution < -0.4 is 0 Å². The van der Waals surface area contributed by atoms with E-state index in [9.17, 15) is 9.59 Å². The Kier molecular flexibility index (Phi) is 5.08. The molecule has 0 radical (unpaired) electrons. The third kappa shape index (κ3) is 3.48. The largest absolute Gasteiger partial charge is 0.349 e. The summed E-state index contributed by atoms with van der Waals surface area (Å²) in [5, 5.41) is 0. The summed E-state index contributed by atoms with van der Waals surface area (Å²) in [5.41, 5.74) is 0.710. The molecule has 5 nitrogen and oxygen atoms in total. The molecule has 1 saturated heterocycles. The van der Waals surface area contributed by atoms with Crippen molar-refractivity contribution in [1.29, 1.82) is 0 Å². The first kappa shape index (κ1) is 16.1. The van der Waals surface area contributed by atoms with E-state index in [0.29, 0.717) is 18.8 Å². The van der Waals surface area contributed by atoms with E-state index in [1.165, 1.54) is 0 Å². The van der Waals surface area contributed by atoms with Gasteiger partial charge in [0.05, 0.1) is 0 Å². The Morgan fingerprint density at radius 3 is 2.48 bits per heavy atom. The van der Waals surface area contributed by atoms with Gasteiger partial charge in [-0.1, -0.05) is 0 Å². The van der Waals surface area contributed by atoms with E-state index < -0.39 is 0 Å². The number of nitrogens with zero attached hydrogens (tertiary/aromatic N) is 3. The Morgan fingerprint density at radius 2 is 1.95 bits per heavy atom. The molecule has 0 atom stereocenters. The van der Waals surface area contributed by atoms with Gasteiger partial charge in [-0.25, -0.2) is 0 Å². The third-order valence-electron chi connectivity index (χ3n) is 4.00. The van der Waals surface area contributed by atoms with Crippen molar-refractivity contribution in [2.45, 2.75) is 26.3 Å². The van der Waals surface area contributed by atoms with Crippen LogP contribution in [-0.4, -0.2) is 53.4 Å². The van der Waals surface area contributed by atoms with Crippen LogP contribution in [-0.2, 0) is 11.3 Å². The van der Waals surface area contributed by atoms with Crippen LogP contribution in [0.2, 0.25) is 0 Å². The molecule has 1 aromatic heterocycles. The van der Waals surface area contributed by atoms with Crippen molar-refractivity contribution in [3.63, 3.8) is 0 Å². The number of likely N-dealkylation sites (tertiary alicyclic amines) is 1. The molecule has 2 heterocycles. The summed E-state index contributed by atoms with van der Waals surface area (Å²) in [6.45, 7) is 4.08. The molecule has 21 heavy (non-hydrogen) atoms. The zero-order valence-corrected chi connectivity index (χ0v) is 14.4. The van der Waals surface area contributed by atoms with Gasteiger partial charge >= 0.3 is 0 Å². The molecule has 0 aliphatic carbocycles. The van der Waals surface area contributed by atoms with E-state index in [1.54, 1.807) is 19.0 Å². The fraction of sp³-hybridized carbons (Fsp3) is 0.600. The van der Waals surface area contributed by atoms with Gasteiger partial charge in [0, 0.05) is 50.3 Å². The SMILES string of the molecule is CCn1cc(Br)cc1C(=O)N1CCC(C(=O)N(C)C)CC1. The zero-order valence-electron chi connectivity index (χ0n) is 12.8. The fourth-order valence-corrected chi connectivity index (χ4v) is 3.24. The summed E-state index contributed by atoms with van der Waals surface area (Å²) in [6.07, 6.45) is 3.42. The van der Waals surface area contributed by atoms with Crippen LogP contribution in [0.5, 0.6) is 0 Å². The van der Waals surface area contributed by atoms with E-state index in [-0.39, 0.29) is 17.7 Å². The summed E-state index contributed by atoms with van der Waals surface area (Å²) in [6, 6.07) is 1.86. The Hall–Kier alpha value is -1.30. The highest BCUT2D eigenvalue weighted by atomic mass is 79.9. The lowest BCUT2D eigenvalue weighted by molar-refractivity contribution is -0.134. The maximum atomic E-state index is 12.6. The van der Waals surface area contributed by atoms with Gasteiger partial charge in [0.15, 0.2) is 0 Å². The monoisotopic (exact) mass is 355 g/mol. The van der Waals surface area contributed by atoms with Gasteiger partial charge in [0.1, 0.15) is 5.69 Å². The highest BCUT2D eigenvalue weighted by Gasteiger charge is 2.29. The Balaban J connectivity index is 2.02. The van der Waals surface area contributed by atoms with Crippen molar-refractivity contribution in [3.8, 4) is 0 Å². The lowest BCUT2D eigenvalue weighted by atomic mass is 9.95. The lowest BCUT2D eigenvalue weighted by Gasteiger charge is -2.32. The van der Waals surface area contributed by atoms with Gasteiger partial charge in [0.2, 0.25) is 5.91 Å². The van der Waals surface area contributed by atoms with Crippen LogP contribution >= 0.6 is 15.9 Å². The molecule has 1 fully saturated rings. The van der Waals surface area contributed by atoms with Gasteiger partial charge in [-0.3, -0.25) is 9.59 Å². The molecule has 0 N–H and O–H groups in total. The van der Waals surface area contributed by atoms with Crippen molar-refractivity contribution >= 4 is 27.7 Å². The molecule has 0 saturated carbocycles. The normalized spacial score (nSPS) is 16.1. The lowest BCUT2D eigenvalue weighted by Crippen LogP contribution is -2.43. The van der Waals surface area contributed by atoms with Gasteiger partial charge in [0.25, 0.3) is 5.91 Å². The van der Waals surface area contributed by atoms with E-state index in [1.807, 2.05) is 28.7 Å². The molecule has 1 aliphatic rings. The number of hydrogen-bond donors (Lipinski definition) is 0. The first-order valence-corrected chi connectivity index (χ1v) is 8.09. The highest BCUT2D eigenvalue weighted by molar-refractivity contribution is 9.10. The number of aryl methyl sites for hydroxylation is 1. The summed E-state index contributed by atoms with van der Waals surface area (Å²) in [4.78, 5) is 28.0. The standard InChI is InChI=1S/C15H22BrN3O2/c1-4-18-10-12(16)9-13(18)15(21)19-7-5-11(6-8-19)14(20)17(2)3/h9-11H,4-8H2,1-3H3. The fourth-order valence-electron chi connectivity index (χ4n) is 2.77. The van der Waals surface area contributed by atoms with Crippen molar-refractivity contribution in [2.24, 2.45) is 5.92 Å². The average Bonchev–Trinajstić information content (AvgIpc) is 2.86. The minimum Gasteiger partial charge on any atom is -0.349 e. The smallest absolute Gasteiger partial charge is 0.270 e. The summed E-state index contributed by atoms with van der Waals surface area (Å²) < 4.78 is 2.87.